The number of anilines is 1. The van der Waals surface area contributed by atoms with Crippen LogP contribution in [0.25, 0.3) is 0 Å². The number of ether oxygens (including phenoxy) is 1. The summed E-state index contributed by atoms with van der Waals surface area (Å²) in [5.41, 5.74) is 0.813. The zero-order valence-electron chi connectivity index (χ0n) is 20.3. The lowest BCUT2D eigenvalue weighted by Crippen LogP contribution is -2.40. The minimum Gasteiger partial charge on any atom is -0.456 e. The molecule has 1 amide bonds. The predicted octanol–water partition coefficient (Wildman–Crippen LogP) is 1.46. The molecule has 0 radical (unpaired) electrons. The molecule has 0 aromatic heterocycles. The van der Waals surface area contributed by atoms with E-state index in [2.05, 4.69) is 14.4 Å². The van der Waals surface area contributed by atoms with Gasteiger partial charge in [-0.25, -0.2) is 8.42 Å². The standard InChI is InChI=1S/C20H34N4O11S/c1-15(2)22(19(25)6-4-12-33-23(27)28)14-18(35-20(26)7-5-13-34-24(29)30)16-8-10-17(11-9-16)21-36(3,31)32/h8-11,15,18,21,27-30H,4-7,12-14H2,1-3H3. The minimum absolute atomic E-state index is 0.00830. The van der Waals surface area contributed by atoms with Crippen LogP contribution in [0, 0.1) is 0 Å². The van der Waals surface area contributed by atoms with Gasteiger partial charge < -0.3 is 9.64 Å². The summed E-state index contributed by atoms with van der Waals surface area (Å²) in [7, 11) is -3.49. The first-order chi connectivity index (χ1) is 16.8. The molecule has 36 heavy (non-hydrogen) atoms. The van der Waals surface area contributed by atoms with Crippen molar-refractivity contribution in [3.8, 4) is 0 Å². The van der Waals surface area contributed by atoms with Crippen molar-refractivity contribution < 1.29 is 53.2 Å². The average molecular weight is 539 g/mol. The van der Waals surface area contributed by atoms with E-state index in [1.54, 1.807) is 26.0 Å². The Morgan fingerprint density at radius 2 is 1.47 bits per heavy atom. The lowest BCUT2D eigenvalue weighted by Gasteiger charge is -2.31. The Labute approximate surface area is 209 Å². The summed E-state index contributed by atoms with van der Waals surface area (Å²) in [5, 5.41) is 33.4. The highest BCUT2D eigenvalue weighted by atomic mass is 32.2. The van der Waals surface area contributed by atoms with Crippen molar-refractivity contribution in [3.05, 3.63) is 29.8 Å². The normalized spacial score (nSPS) is 12.7. The first-order valence-corrected chi connectivity index (χ1v) is 12.9. The van der Waals surface area contributed by atoms with E-state index in [0.29, 0.717) is 11.3 Å². The second kappa shape index (κ2) is 15.6. The number of sulfonamides is 1. The number of carbonyl (C=O) groups is 2. The first-order valence-electron chi connectivity index (χ1n) is 11.0. The molecule has 0 saturated carbocycles. The molecule has 0 spiro atoms. The maximum absolute atomic E-state index is 12.8. The number of benzene rings is 1. The van der Waals surface area contributed by atoms with Crippen LogP contribution in [0.1, 0.15) is 51.2 Å². The largest absolute Gasteiger partial charge is 0.456 e. The molecule has 0 saturated heterocycles. The zero-order chi connectivity index (χ0) is 27.3. The molecule has 1 unspecified atom stereocenters. The maximum atomic E-state index is 12.8. The van der Waals surface area contributed by atoms with E-state index in [1.807, 2.05) is 0 Å². The van der Waals surface area contributed by atoms with E-state index >= 15 is 0 Å². The van der Waals surface area contributed by atoms with Crippen molar-refractivity contribution in [2.45, 2.75) is 51.7 Å². The van der Waals surface area contributed by atoms with Crippen LogP contribution in [0.15, 0.2) is 24.3 Å². The molecule has 16 heteroatoms. The quantitative estimate of drug-likeness (QED) is 0.109. The second-order valence-corrected chi connectivity index (χ2v) is 9.74. The number of hydrogen-bond donors (Lipinski definition) is 5. The van der Waals surface area contributed by atoms with Crippen LogP contribution >= 0.6 is 0 Å². The molecule has 0 fully saturated rings. The fourth-order valence-corrected chi connectivity index (χ4v) is 3.63. The highest BCUT2D eigenvalue weighted by molar-refractivity contribution is 7.92. The second-order valence-electron chi connectivity index (χ2n) is 7.99. The average Bonchev–Trinajstić information content (AvgIpc) is 2.76. The third-order valence-electron chi connectivity index (χ3n) is 4.64. The van der Waals surface area contributed by atoms with E-state index in [4.69, 9.17) is 25.6 Å². The van der Waals surface area contributed by atoms with Crippen molar-refractivity contribution in [2.75, 3.05) is 30.7 Å². The molecule has 1 aromatic carbocycles. The Kier molecular flexibility index (Phi) is 13.7. The number of nitrogens with zero attached hydrogens (tertiary/aromatic N) is 3. The van der Waals surface area contributed by atoms with Crippen molar-refractivity contribution in [1.29, 1.82) is 0 Å². The van der Waals surface area contributed by atoms with Crippen molar-refractivity contribution in [2.24, 2.45) is 0 Å². The van der Waals surface area contributed by atoms with Crippen LogP contribution in [-0.4, -0.2) is 88.9 Å². The van der Waals surface area contributed by atoms with Crippen LogP contribution in [0.5, 0.6) is 0 Å². The molecule has 0 heterocycles. The van der Waals surface area contributed by atoms with Crippen LogP contribution in [-0.2, 0) is 34.0 Å². The van der Waals surface area contributed by atoms with Gasteiger partial charge in [0.2, 0.25) is 15.9 Å². The van der Waals surface area contributed by atoms with E-state index in [9.17, 15) is 18.0 Å². The van der Waals surface area contributed by atoms with Gasteiger partial charge in [-0.2, -0.15) is 0 Å². The van der Waals surface area contributed by atoms with Gasteiger partial charge in [0, 0.05) is 24.6 Å². The summed E-state index contributed by atoms with van der Waals surface area (Å²) in [6, 6.07) is 5.86. The molecule has 0 aliphatic heterocycles. The lowest BCUT2D eigenvalue weighted by atomic mass is 10.1. The zero-order valence-corrected chi connectivity index (χ0v) is 21.1. The molecule has 0 aliphatic rings. The van der Waals surface area contributed by atoms with E-state index in [-0.39, 0.29) is 57.4 Å². The molecular weight excluding hydrogens is 504 g/mol. The highest BCUT2D eigenvalue weighted by Gasteiger charge is 2.25. The van der Waals surface area contributed by atoms with Crippen molar-refractivity contribution in [1.82, 2.24) is 15.7 Å². The lowest BCUT2D eigenvalue weighted by molar-refractivity contribution is -0.492. The van der Waals surface area contributed by atoms with Gasteiger partial charge in [-0.05, 0) is 44.4 Å². The molecule has 0 aliphatic carbocycles. The van der Waals surface area contributed by atoms with E-state index in [0.717, 1.165) is 6.26 Å². The summed E-state index contributed by atoms with van der Waals surface area (Å²) in [6.45, 7) is 3.28. The number of nitrogens with one attached hydrogen (secondary N) is 1. The molecule has 5 N–H and O–H groups in total. The number of rotatable bonds is 17. The minimum atomic E-state index is -3.49. The number of hydrogen-bond acceptors (Lipinski definition) is 13. The summed E-state index contributed by atoms with van der Waals surface area (Å²) >= 11 is 0. The number of esters is 1. The molecular formula is C20H34N4O11S. The van der Waals surface area contributed by atoms with E-state index in [1.165, 1.54) is 17.0 Å². The SMILES string of the molecule is CC(C)N(CC(OC(=O)CCCON(O)O)c1ccc(NS(C)(=O)=O)cc1)C(=O)CCCON(O)O. The van der Waals surface area contributed by atoms with Gasteiger partial charge >= 0.3 is 5.97 Å². The molecule has 1 aromatic rings. The van der Waals surface area contributed by atoms with Gasteiger partial charge in [0.15, 0.2) is 0 Å². The van der Waals surface area contributed by atoms with Gasteiger partial charge in [0.05, 0.1) is 36.8 Å². The molecule has 1 rings (SSSR count). The Balaban J connectivity index is 2.98. The monoisotopic (exact) mass is 538 g/mol. The molecule has 15 nitrogen and oxygen atoms in total. The summed E-state index contributed by atoms with van der Waals surface area (Å²) in [6.07, 6.45) is 0.357. The van der Waals surface area contributed by atoms with Crippen LogP contribution in [0.4, 0.5) is 5.69 Å². The third-order valence-corrected chi connectivity index (χ3v) is 5.25. The number of amides is 1. The van der Waals surface area contributed by atoms with Crippen LogP contribution < -0.4 is 4.72 Å². The smallest absolute Gasteiger partial charge is 0.306 e. The van der Waals surface area contributed by atoms with Gasteiger partial charge in [0.25, 0.3) is 0 Å². The van der Waals surface area contributed by atoms with Crippen LogP contribution in [0.2, 0.25) is 0 Å². The Hall–Kier alpha value is -2.41. The van der Waals surface area contributed by atoms with Crippen LogP contribution in [0.3, 0.4) is 0 Å². The van der Waals surface area contributed by atoms with Crippen molar-refractivity contribution in [3.63, 3.8) is 0 Å². The van der Waals surface area contributed by atoms with Crippen molar-refractivity contribution >= 4 is 27.6 Å². The Morgan fingerprint density at radius 3 is 1.94 bits per heavy atom. The van der Waals surface area contributed by atoms with E-state index < -0.39 is 32.9 Å². The maximum Gasteiger partial charge on any atom is 0.306 e. The van der Waals surface area contributed by atoms with Gasteiger partial charge in [-0.1, -0.05) is 12.1 Å². The highest BCUT2D eigenvalue weighted by Crippen LogP contribution is 2.24. The summed E-state index contributed by atoms with van der Waals surface area (Å²) in [4.78, 5) is 35.6. The Morgan fingerprint density at radius 1 is 0.944 bits per heavy atom. The fraction of sp³-hybridized carbons (Fsp3) is 0.600. The molecule has 206 valence electrons. The number of carbonyl (C=O) groups excluding carboxylic acids is 2. The fourth-order valence-electron chi connectivity index (χ4n) is 3.06. The molecule has 0 bridgehead atoms. The summed E-state index contributed by atoms with van der Waals surface area (Å²) < 4.78 is 30.9. The van der Waals surface area contributed by atoms with Gasteiger partial charge in [0.1, 0.15) is 6.10 Å². The first kappa shape index (κ1) is 31.6. The topological polar surface area (TPSA) is 199 Å². The van der Waals surface area contributed by atoms with Gasteiger partial charge in [-0.15, -0.1) is 0 Å². The Bertz CT molecular complexity index is 911. The summed E-state index contributed by atoms with van der Waals surface area (Å²) in [5.74, 6) is -0.910. The third kappa shape index (κ3) is 13.6. The predicted molar refractivity (Wildman–Crippen MR) is 122 cm³/mol. The van der Waals surface area contributed by atoms with Gasteiger partial charge in [-0.3, -0.25) is 44.8 Å². The molecule has 1 atom stereocenters.